The largest absolute Gasteiger partial charge is 0.478 e. The van der Waals surface area contributed by atoms with E-state index in [0.29, 0.717) is 0 Å². The number of rotatable bonds is 3. The minimum absolute atomic E-state index is 0.110. The topological polar surface area (TPSA) is 92.7 Å². The van der Waals surface area contributed by atoms with Crippen LogP contribution in [0.2, 0.25) is 0 Å². The first-order valence-electron chi connectivity index (χ1n) is 4.69. The van der Waals surface area contributed by atoms with Crippen molar-refractivity contribution in [2.24, 2.45) is 0 Å². The third-order valence-electron chi connectivity index (χ3n) is 1.98. The Bertz CT molecular complexity index is 481. The second-order valence-corrected chi connectivity index (χ2v) is 3.24. The second-order valence-electron chi connectivity index (χ2n) is 3.24. The monoisotopic (exact) mass is 237 g/mol. The van der Waals surface area contributed by atoms with Crippen LogP contribution in [0.25, 0.3) is 0 Å². The molecule has 0 aliphatic carbocycles. The zero-order chi connectivity index (χ0) is 13.0. The number of benzene rings is 1. The number of ether oxygens (including phenoxy) is 1. The summed E-state index contributed by atoms with van der Waals surface area (Å²) in [6.45, 7) is 1.26. The molecule has 0 aliphatic rings. The molecule has 17 heavy (non-hydrogen) atoms. The van der Waals surface area contributed by atoms with Crippen molar-refractivity contribution >= 4 is 23.5 Å². The second kappa shape index (κ2) is 5.11. The summed E-state index contributed by atoms with van der Waals surface area (Å²) < 4.78 is 4.47. The predicted octanol–water partition coefficient (Wildman–Crippen LogP) is 1.13. The molecule has 0 bridgehead atoms. The summed E-state index contributed by atoms with van der Waals surface area (Å²) >= 11 is 0. The molecule has 1 aromatic carbocycles. The Kier molecular flexibility index (Phi) is 3.82. The Morgan fingerprint density at radius 1 is 1.29 bits per heavy atom. The van der Waals surface area contributed by atoms with Crippen molar-refractivity contribution < 1.29 is 24.2 Å². The lowest BCUT2D eigenvalue weighted by atomic mass is 10.1. The van der Waals surface area contributed by atoms with Crippen molar-refractivity contribution in [3.05, 3.63) is 29.3 Å². The molecule has 6 nitrogen and oxygen atoms in total. The standard InChI is InChI=1S/C11H11NO5/c1-6(13)12-9-4-3-7(11(16)17-2)5-8(9)10(14)15/h3-5H,1-2H3,(H,12,13)(H,14,15). The molecule has 2 N–H and O–H groups in total. The molecule has 0 radical (unpaired) electrons. The molecule has 0 aromatic heterocycles. The number of hydrogen-bond donors (Lipinski definition) is 2. The van der Waals surface area contributed by atoms with Crippen molar-refractivity contribution in [3.8, 4) is 0 Å². The van der Waals surface area contributed by atoms with Crippen LogP contribution in [0.4, 0.5) is 5.69 Å². The van der Waals surface area contributed by atoms with Gasteiger partial charge in [-0.2, -0.15) is 0 Å². The van der Waals surface area contributed by atoms with E-state index in [4.69, 9.17) is 5.11 Å². The van der Waals surface area contributed by atoms with Crippen LogP contribution in [0.5, 0.6) is 0 Å². The normalized spacial score (nSPS) is 9.53. The van der Waals surface area contributed by atoms with Gasteiger partial charge in [-0.1, -0.05) is 0 Å². The summed E-state index contributed by atoms with van der Waals surface area (Å²) in [5.74, 6) is -2.26. The van der Waals surface area contributed by atoms with Gasteiger partial charge in [-0.15, -0.1) is 0 Å². The first kappa shape index (κ1) is 12.7. The van der Waals surface area contributed by atoms with Crippen LogP contribution in [-0.2, 0) is 9.53 Å². The van der Waals surface area contributed by atoms with E-state index in [9.17, 15) is 14.4 Å². The number of carboxylic acid groups (broad SMARTS) is 1. The van der Waals surface area contributed by atoms with Gasteiger partial charge in [0.1, 0.15) is 0 Å². The van der Waals surface area contributed by atoms with E-state index in [1.54, 1.807) is 0 Å². The summed E-state index contributed by atoms with van der Waals surface area (Å²) in [5, 5.41) is 11.3. The number of aromatic carboxylic acids is 1. The lowest BCUT2D eigenvalue weighted by Crippen LogP contribution is -2.12. The fraction of sp³-hybridized carbons (Fsp3) is 0.182. The highest BCUT2D eigenvalue weighted by Gasteiger charge is 2.15. The van der Waals surface area contributed by atoms with Gasteiger partial charge in [0.05, 0.1) is 23.9 Å². The number of methoxy groups -OCH3 is 1. The third kappa shape index (κ3) is 3.04. The van der Waals surface area contributed by atoms with E-state index in [0.717, 1.165) is 6.07 Å². The highest BCUT2D eigenvalue weighted by Crippen LogP contribution is 2.18. The Labute approximate surface area is 97.2 Å². The molecule has 1 rings (SSSR count). The molecule has 0 unspecified atom stereocenters. The van der Waals surface area contributed by atoms with E-state index in [1.807, 2.05) is 0 Å². The smallest absolute Gasteiger partial charge is 0.337 e. The van der Waals surface area contributed by atoms with Crippen LogP contribution in [0.1, 0.15) is 27.6 Å². The minimum Gasteiger partial charge on any atom is -0.478 e. The summed E-state index contributed by atoms with van der Waals surface area (Å²) in [4.78, 5) is 33.0. The molecule has 1 aromatic rings. The summed E-state index contributed by atoms with van der Waals surface area (Å²) in [5.41, 5.74) is 0.0831. The predicted molar refractivity (Wildman–Crippen MR) is 59.0 cm³/mol. The molecule has 0 fully saturated rings. The number of nitrogens with one attached hydrogen (secondary N) is 1. The van der Waals surface area contributed by atoms with Gasteiger partial charge in [0.25, 0.3) is 0 Å². The van der Waals surface area contributed by atoms with E-state index in [1.165, 1.54) is 26.2 Å². The zero-order valence-corrected chi connectivity index (χ0v) is 9.31. The molecule has 0 spiro atoms. The lowest BCUT2D eigenvalue weighted by Gasteiger charge is -2.08. The average molecular weight is 237 g/mol. The molecule has 0 saturated heterocycles. The van der Waals surface area contributed by atoms with E-state index in [2.05, 4.69) is 10.1 Å². The van der Waals surface area contributed by atoms with Crippen LogP contribution in [0.15, 0.2) is 18.2 Å². The van der Waals surface area contributed by atoms with Gasteiger partial charge in [-0.25, -0.2) is 9.59 Å². The molecule has 0 saturated carbocycles. The van der Waals surface area contributed by atoms with Crippen LogP contribution in [-0.4, -0.2) is 30.1 Å². The molecular weight excluding hydrogens is 226 g/mol. The Morgan fingerprint density at radius 3 is 2.41 bits per heavy atom. The fourth-order valence-corrected chi connectivity index (χ4v) is 1.26. The van der Waals surface area contributed by atoms with Crippen molar-refractivity contribution in [1.82, 2.24) is 0 Å². The van der Waals surface area contributed by atoms with Gasteiger partial charge in [-0.3, -0.25) is 4.79 Å². The van der Waals surface area contributed by atoms with Gasteiger partial charge in [0.2, 0.25) is 5.91 Å². The molecule has 0 atom stereocenters. The number of amides is 1. The Hall–Kier alpha value is -2.37. The van der Waals surface area contributed by atoms with Crippen LogP contribution in [0, 0.1) is 0 Å². The quantitative estimate of drug-likeness (QED) is 0.768. The number of carbonyl (C=O) groups is 3. The van der Waals surface area contributed by atoms with Crippen molar-refractivity contribution in [2.45, 2.75) is 6.92 Å². The van der Waals surface area contributed by atoms with Gasteiger partial charge in [0.15, 0.2) is 0 Å². The SMILES string of the molecule is COC(=O)c1ccc(NC(C)=O)c(C(=O)O)c1. The minimum atomic E-state index is -1.24. The first-order valence-corrected chi connectivity index (χ1v) is 4.69. The van der Waals surface area contributed by atoms with Gasteiger partial charge in [0, 0.05) is 6.92 Å². The van der Waals surface area contributed by atoms with E-state index in [-0.39, 0.29) is 16.8 Å². The molecule has 0 aliphatic heterocycles. The van der Waals surface area contributed by atoms with Crippen molar-refractivity contribution in [1.29, 1.82) is 0 Å². The van der Waals surface area contributed by atoms with Crippen molar-refractivity contribution in [2.75, 3.05) is 12.4 Å². The number of hydrogen-bond acceptors (Lipinski definition) is 4. The van der Waals surface area contributed by atoms with Crippen LogP contribution < -0.4 is 5.32 Å². The Morgan fingerprint density at radius 2 is 1.94 bits per heavy atom. The number of carboxylic acids is 1. The lowest BCUT2D eigenvalue weighted by molar-refractivity contribution is -0.114. The van der Waals surface area contributed by atoms with Crippen LogP contribution >= 0.6 is 0 Å². The van der Waals surface area contributed by atoms with E-state index < -0.39 is 17.8 Å². The van der Waals surface area contributed by atoms with Gasteiger partial charge >= 0.3 is 11.9 Å². The van der Waals surface area contributed by atoms with E-state index >= 15 is 0 Å². The van der Waals surface area contributed by atoms with Gasteiger partial charge in [-0.05, 0) is 18.2 Å². The first-order chi connectivity index (χ1) is 7.95. The number of anilines is 1. The van der Waals surface area contributed by atoms with Gasteiger partial charge < -0.3 is 15.2 Å². The molecule has 90 valence electrons. The highest BCUT2D eigenvalue weighted by atomic mass is 16.5. The maximum absolute atomic E-state index is 11.2. The number of esters is 1. The zero-order valence-electron chi connectivity index (χ0n) is 9.31. The molecular formula is C11H11NO5. The maximum atomic E-state index is 11.2. The maximum Gasteiger partial charge on any atom is 0.337 e. The molecule has 0 heterocycles. The molecule has 1 amide bonds. The highest BCUT2D eigenvalue weighted by molar-refractivity contribution is 6.02. The van der Waals surface area contributed by atoms with Crippen LogP contribution in [0.3, 0.4) is 0 Å². The number of carbonyl (C=O) groups excluding carboxylic acids is 2. The molecule has 6 heteroatoms. The Balaban J connectivity index is 3.21. The summed E-state index contributed by atoms with van der Waals surface area (Å²) in [6, 6.07) is 3.88. The summed E-state index contributed by atoms with van der Waals surface area (Å²) in [7, 11) is 1.20. The average Bonchev–Trinajstić information content (AvgIpc) is 2.27. The van der Waals surface area contributed by atoms with Crippen molar-refractivity contribution in [3.63, 3.8) is 0 Å². The fourth-order valence-electron chi connectivity index (χ4n) is 1.26. The summed E-state index contributed by atoms with van der Waals surface area (Å²) in [6.07, 6.45) is 0. The third-order valence-corrected chi connectivity index (χ3v) is 1.98.